The Morgan fingerprint density at radius 3 is 2.59 bits per heavy atom. The van der Waals surface area contributed by atoms with Gasteiger partial charge in [-0.05, 0) is 87.7 Å². The number of phenolic OH excluding ortho intramolecular Hbond substituents is 1. The van der Waals surface area contributed by atoms with Crippen molar-refractivity contribution in [2.45, 2.75) is 88.7 Å². The van der Waals surface area contributed by atoms with E-state index in [0.29, 0.717) is 25.3 Å². The summed E-state index contributed by atoms with van der Waals surface area (Å²) in [5, 5.41) is 22.3. The van der Waals surface area contributed by atoms with Crippen LogP contribution < -0.4 is 0 Å². The van der Waals surface area contributed by atoms with E-state index in [1.807, 2.05) is 18.2 Å². The molecule has 2 aromatic carbocycles. The van der Waals surface area contributed by atoms with Crippen molar-refractivity contribution in [3.05, 3.63) is 65.7 Å². The molecule has 2 aliphatic rings. The lowest BCUT2D eigenvalue weighted by molar-refractivity contribution is -0.149. The van der Waals surface area contributed by atoms with Gasteiger partial charge in [0.1, 0.15) is 5.75 Å². The molecule has 1 heterocycles. The van der Waals surface area contributed by atoms with Gasteiger partial charge >= 0.3 is 0 Å². The van der Waals surface area contributed by atoms with Crippen molar-refractivity contribution < 1.29 is 15.0 Å². The maximum absolute atomic E-state index is 13.6. The number of aliphatic hydroxyl groups is 1. The molecular weight excluding hydrogens is 460 g/mol. The van der Waals surface area contributed by atoms with Crippen LogP contribution in [0.4, 0.5) is 0 Å². The third-order valence-corrected chi connectivity index (χ3v) is 8.74. The Morgan fingerprint density at radius 1 is 1.08 bits per heavy atom. The standard InChI is InChI=1S/C32H46N2O3/c1-25(2)23-34(30(36)16-9-5-8-13-26-11-6-4-7-12-26)28-17-18-32(37)24-33(3)20-19-31(32,22-28)27-14-10-15-29(35)21-27/h4,6-7,10-12,14-15,21,25,28,35,37H,5,8-9,13,16-20,22-24H2,1-3H3. The number of likely N-dealkylation sites (N-methyl/N-ethyl adjacent to an activating group) is 1. The van der Waals surface area contributed by atoms with Crippen molar-refractivity contribution >= 4 is 5.91 Å². The molecule has 5 nitrogen and oxygen atoms in total. The van der Waals surface area contributed by atoms with Crippen molar-refractivity contribution in [2.75, 3.05) is 26.7 Å². The number of fused-ring (bicyclic) bond motifs is 1. The number of aryl methyl sites for hydroxylation is 1. The summed E-state index contributed by atoms with van der Waals surface area (Å²) in [6.45, 7) is 6.63. The van der Waals surface area contributed by atoms with Gasteiger partial charge in [0.25, 0.3) is 0 Å². The molecule has 0 radical (unpaired) electrons. The molecule has 1 amide bonds. The molecule has 1 saturated carbocycles. The highest BCUT2D eigenvalue weighted by molar-refractivity contribution is 5.76. The highest BCUT2D eigenvalue weighted by atomic mass is 16.3. The summed E-state index contributed by atoms with van der Waals surface area (Å²) in [4.78, 5) is 18.0. The average molecular weight is 507 g/mol. The van der Waals surface area contributed by atoms with Gasteiger partial charge in [-0.3, -0.25) is 4.79 Å². The second-order valence-corrected chi connectivity index (χ2v) is 12.0. The summed E-state index contributed by atoms with van der Waals surface area (Å²) in [6, 6.07) is 18.1. The largest absolute Gasteiger partial charge is 0.508 e. The lowest BCUT2D eigenvalue weighted by atomic mass is 9.55. The van der Waals surface area contributed by atoms with Gasteiger partial charge in [0.15, 0.2) is 0 Å². The minimum atomic E-state index is -0.867. The molecule has 2 N–H and O–H groups in total. The number of likely N-dealkylation sites (tertiary alicyclic amines) is 1. The number of phenols is 1. The van der Waals surface area contributed by atoms with Crippen molar-refractivity contribution in [1.29, 1.82) is 0 Å². The van der Waals surface area contributed by atoms with Crippen molar-refractivity contribution in [3.8, 4) is 5.75 Å². The van der Waals surface area contributed by atoms with Crippen LogP contribution in [-0.4, -0.2) is 64.2 Å². The number of piperidine rings is 1. The van der Waals surface area contributed by atoms with Crippen molar-refractivity contribution in [2.24, 2.45) is 5.92 Å². The fourth-order valence-electron chi connectivity index (χ4n) is 6.83. The Balaban J connectivity index is 1.47. The zero-order chi connectivity index (χ0) is 26.5. The molecule has 1 aliphatic heterocycles. The van der Waals surface area contributed by atoms with E-state index in [9.17, 15) is 15.0 Å². The van der Waals surface area contributed by atoms with Crippen molar-refractivity contribution in [1.82, 2.24) is 9.80 Å². The summed E-state index contributed by atoms with van der Waals surface area (Å²) in [5.74, 6) is 0.876. The molecule has 4 rings (SSSR count). The molecule has 1 aliphatic carbocycles. The topological polar surface area (TPSA) is 64.0 Å². The molecule has 2 aromatic rings. The zero-order valence-electron chi connectivity index (χ0n) is 23.0. The fourth-order valence-corrected chi connectivity index (χ4v) is 6.83. The summed E-state index contributed by atoms with van der Waals surface area (Å²) < 4.78 is 0. The van der Waals surface area contributed by atoms with Crippen LogP contribution >= 0.6 is 0 Å². The third kappa shape index (κ3) is 6.38. The minimum absolute atomic E-state index is 0.102. The highest BCUT2D eigenvalue weighted by Crippen LogP contribution is 2.52. The van der Waals surface area contributed by atoms with Gasteiger partial charge in [-0.15, -0.1) is 0 Å². The monoisotopic (exact) mass is 506 g/mol. The highest BCUT2D eigenvalue weighted by Gasteiger charge is 2.58. The van der Waals surface area contributed by atoms with E-state index < -0.39 is 11.0 Å². The molecular formula is C32H46N2O3. The number of hydrogen-bond donors (Lipinski definition) is 2. The van der Waals surface area contributed by atoms with Crippen LogP contribution in [0.3, 0.4) is 0 Å². The molecule has 5 heteroatoms. The molecule has 0 bridgehead atoms. The normalized spacial score (nSPS) is 26.1. The fraction of sp³-hybridized carbons (Fsp3) is 0.594. The minimum Gasteiger partial charge on any atom is -0.508 e. The Labute approximate surface area is 223 Å². The van der Waals surface area contributed by atoms with Crippen LogP contribution in [0, 0.1) is 5.92 Å². The van der Waals surface area contributed by atoms with E-state index in [4.69, 9.17) is 0 Å². The molecule has 0 spiro atoms. The Morgan fingerprint density at radius 2 is 1.86 bits per heavy atom. The van der Waals surface area contributed by atoms with Gasteiger partial charge in [-0.2, -0.15) is 0 Å². The smallest absolute Gasteiger partial charge is 0.222 e. The lowest BCUT2D eigenvalue weighted by Gasteiger charge is -2.59. The summed E-state index contributed by atoms with van der Waals surface area (Å²) >= 11 is 0. The first kappa shape index (κ1) is 27.7. The number of unbranched alkanes of at least 4 members (excludes halogenated alkanes) is 2. The van der Waals surface area contributed by atoms with Crippen LogP contribution in [0.25, 0.3) is 0 Å². The third-order valence-electron chi connectivity index (χ3n) is 8.74. The second kappa shape index (κ2) is 12.0. The number of hydrogen-bond acceptors (Lipinski definition) is 4. The number of β-amino-alcohol motifs (C(OH)–C–C–N with tert-alkyl or cyclic N) is 1. The number of nitrogens with zero attached hydrogens (tertiary/aromatic N) is 2. The van der Waals surface area contributed by atoms with Gasteiger partial charge < -0.3 is 20.0 Å². The second-order valence-electron chi connectivity index (χ2n) is 12.0. The average Bonchev–Trinajstić information content (AvgIpc) is 2.87. The van der Waals surface area contributed by atoms with Gasteiger partial charge in [0, 0.05) is 31.0 Å². The first-order chi connectivity index (χ1) is 17.7. The van der Waals surface area contributed by atoms with E-state index >= 15 is 0 Å². The molecule has 3 atom stereocenters. The first-order valence-corrected chi connectivity index (χ1v) is 14.3. The van der Waals surface area contributed by atoms with E-state index in [1.165, 1.54) is 5.56 Å². The molecule has 202 valence electrons. The maximum atomic E-state index is 13.6. The number of carbonyl (C=O) groups is 1. The summed E-state index contributed by atoms with van der Waals surface area (Å²) in [7, 11) is 2.07. The molecule has 2 fully saturated rings. The van der Waals surface area contributed by atoms with Crippen molar-refractivity contribution in [3.63, 3.8) is 0 Å². The molecule has 1 saturated heterocycles. The Kier molecular flexibility index (Phi) is 8.97. The predicted molar refractivity (Wildman–Crippen MR) is 150 cm³/mol. The van der Waals surface area contributed by atoms with Gasteiger partial charge in [0.05, 0.1) is 5.60 Å². The van der Waals surface area contributed by atoms with Crippen LogP contribution in [0.2, 0.25) is 0 Å². The van der Waals surface area contributed by atoms with Crippen LogP contribution in [0.1, 0.15) is 76.3 Å². The molecule has 37 heavy (non-hydrogen) atoms. The first-order valence-electron chi connectivity index (χ1n) is 14.3. The van der Waals surface area contributed by atoms with Gasteiger partial charge in [-0.1, -0.05) is 62.7 Å². The van der Waals surface area contributed by atoms with Crippen LogP contribution in [0.15, 0.2) is 54.6 Å². The van der Waals surface area contributed by atoms with Crippen LogP contribution in [-0.2, 0) is 16.6 Å². The van der Waals surface area contributed by atoms with E-state index in [1.54, 1.807) is 6.07 Å². The predicted octanol–water partition coefficient (Wildman–Crippen LogP) is 5.54. The SMILES string of the molecule is CC(C)CN(C(=O)CCCCCc1ccccc1)C1CCC2(O)CN(C)CCC2(c2cccc(O)c2)C1. The quantitative estimate of drug-likeness (QED) is 0.416. The van der Waals surface area contributed by atoms with E-state index in [0.717, 1.165) is 63.6 Å². The summed E-state index contributed by atoms with van der Waals surface area (Å²) in [5.41, 5.74) is 1.03. The maximum Gasteiger partial charge on any atom is 0.222 e. The Hall–Kier alpha value is -2.37. The zero-order valence-corrected chi connectivity index (χ0v) is 23.0. The summed E-state index contributed by atoms with van der Waals surface area (Å²) in [6.07, 6.45) is 7.77. The number of aromatic hydroxyl groups is 1. The van der Waals surface area contributed by atoms with Gasteiger partial charge in [-0.25, -0.2) is 0 Å². The molecule has 0 aromatic heterocycles. The lowest BCUT2D eigenvalue weighted by Crippen LogP contribution is -2.67. The number of amides is 1. The Bertz CT molecular complexity index is 1030. The number of benzene rings is 2. The van der Waals surface area contributed by atoms with Crippen LogP contribution in [0.5, 0.6) is 5.75 Å². The van der Waals surface area contributed by atoms with Gasteiger partial charge in [0.2, 0.25) is 5.91 Å². The number of rotatable bonds is 10. The number of carbonyl (C=O) groups excluding carboxylic acids is 1. The molecule has 3 unspecified atom stereocenters. The van der Waals surface area contributed by atoms with E-state index in [2.05, 4.69) is 61.0 Å². The van der Waals surface area contributed by atoms with E-state index in [-0.39, 0.29) is 17.7 Å².